The Balaban J connectivity index is 1.77. The Morgan fingerprint density at radius 1 is 1.29 bits per heavy atom. The topological polar surface area (TPSA) is 84.9 Å². The van der Waals surface area contributed by atoms with Crippen molar-refractivity contribution in [3.05, 3.63) is 55.5 Å². The summed E-state index contributed by atoms with van der Waals surface area (Å²) in [6, 6.07) is 10.3. The minimum absolute atomic E-state index is 0.220. The number of carbonyl (C=O) groups is 3. The maximum absolute atomic E-state index is 12.7. The van der Waals surface area contributed by atoms with Gasteiger partial charge in [0, 0.05) is 0 Å². The molecule has 1 saturated heterocycles. The molecule has 1 aliphatic heterocycles. The summed E-state index contributed by atoms with van der Waals surface area (Å²) in [5.74, 6) is 0.0894. The molecule has 1 aliphatic rings. The van der Waals surface area contributed by atoms with Crippen molar-refractivity contribution >= 4 is 74.8 Å². The first-order chi connectivity index (χ1) is 14.8. The molecule has 1 heterocycles. The first kappa shape index (κ1) is 23.4. The number of nitrogens with zero attached hydrogens (tertiary/aromatic N) is 1. The van der Waals surface area contributed by atoms with Crippen LogP contribution in [0.25, 0.3) is 6.08 Å². The predicted molar refractivity (Wildman–Crippen MR) is 130 cm³/mol. The summed E-state index contributed by atoms with van der Waals surface area (Å²) in [7, 11) is 1.53. The van der Waals surface area contributed by atoms with E-state index in [1.54, 1.807) is 36.4 Å². The third-order valence-electron chi connectivity index (χ3n) is 4.16. The number of halogens is 2. The molecule has 0 atom stereocenters. The minimum atomic E-state index is -0.535. The van der Waals surface area contributed by atoms with Gasteiger partial charge in [0.1, 0.15) is 6.54 Å². The second-order valence-electron chi connectivity index (χ2n) is 6.26. The summed E-state index contributed by atoms with van der Waals surface area (Å²) >= 11 is 8.93. The Bertz CT molecular complexity index is 1080. The SMILES string of the molecule is CCOc1c(I)cc(/C=C2\SC(=O)N(CC(=O)Nc3ccccc3Cl)C2=O)cc1OC. The number of thioether (sulfide) groups is 1. The molecule has 1 N–H and O–H groups in total. The minimum Gasteiger partial charge on any atom is -0.493 e. The maximum atomic E-state index is 12.7. The number of ether oxygens (including phenoxy) is 2. The van der Waals surface area contributed by atoms with Crippen LogP contribution >= 0.6 is 46.0 Å². The molecule has 0 unspecified atom stereocenters. The fraction of sp³-hybridized carbons (Fsp3) is 0.190. The van der Waals surface area contributed by atoms with E-state index in [-0.39, 0.29) is 4.91 Å². The number of amides is 3. The van der Waals surface area contributed by atoms with Crippen molar-refractivity contribution in [1.29, 1.82) is 0 Å². The van der Waals surface area contributed by atoms with Crippen LogP contribution in [0.2, 0.25) is 5.02 Å². The molecule has 3 amide bonds. The third-order valence-corrected chi connectivity index (χ3v) is 6.20. The van der Waals surface area contributed by atoms with Gasteiger partial charge < -0.3 is 14.8 Å². The second kappa shape index (κ2) is 10.4. The lowest BCUT2D eigenvalue weighted by molar-refractivity contribution is -0.127. The summed E-state index contributed by atoms with van der Waals surface area (Å²) < 4.78 is 11.8. The molecular weight excluding hydrogens is 555 g/mol. The number of hydrogen-bond donors (Lipinski definition) is 1. The Hall–Kier alpha value is -2.24. The number of rotatable bonds is 7. The van der Waals surface area contributed by atoms with Crippen molar-refractivity contribution in [2.75, 3.05) is 25.6 Å². The fourth-order valence-electron chi connectivity index (χ4n) is 2.79. The van der Waals surface area contributed by atoms with E-state index in [0.29, 0.717) is 34.4 Å². The van der Waals surface area contributed by atoms with Crippen LogP contribution in [0, 0.1) is 3.57 Å². The van der Waals surface area contributed by atoms with Crippen molar-refractivity contribution in [3.63, 3.8) is 0 Å². The van der Waals surface area contributed by atoms with Gasteiger partial charge in [-0.3, -0.25) is 19.3 Å². The number of carbonyl (C=O) groups excluding carboxylic acids is 3. The Morgan fingerprint density at radius 3 is 2.71 bits per heavy atom. The zero-order valence-electron chi connectivity index (χ0n) is 16.6. The van der Waals surface area contributed by atoms with Gasteiger partial charge in [-0.2, -0.15) is 0 Å². The second-order valence-corrected chi connectivity index (χ2v) is 8.83. The normalized spacial score (nSPS) is 14.8. The molecule has 0 bridgehead atoms. The monoisotopic (exact) mass is 572 g/mol. The van der Waals surface area contributed by atoms with Crippen molar-refractivity contribution < 1.29 is 23.9 Å². The predicted octanol–water partition coefficient (Wildman–Crippen LogP) is 5.03. The van der Waals surface area contributed by atoms with Gasteiger partial charge in [0.25, 0.3) is 11.1 Å². The molecular formula is C21H18ClIN2O5S. The highest BCUT2D eigenvalue weighted by atomic mass is 127. The molecule has 0 spiro atoms. The summed E-state index contributed by atoms with van der Waals surface area (Å²) in [5, 5.41) is 2.46. The van der Waals surface area contributed by atoms with Crippen LogP contribution < -0.4 is 14.8 Å². The van der Waals surface area contributed by atoms with Crippen LogP contribution in [0.3, 0.4) is 0 Å². The van der Waals surface area contributed by atoms with Crippen LogP contribution in [0.1, 0.15) is 12.5 Å². The van der Waals surface area contributed by atoms with Crippen molar-refractivity contribution in [3.8, 4) is 11.5 Å². The quantitative estimate of drug-likeness (QED) is 0.370. The van der Waals surface area contributed by atoms with E-state index < -0.39 is 23.6 Å². The van der Waals surface area contributed by atoms with Gasteiger partial charge in [0.05, 0.1) is 32.9 Å². The molecule has 2 aromatic rings. The van der Waals surface area contributed by atoms with Gasteiger partial charge in [0.2, 0.25) is 5.91 Å². The molecule has 162 valence electrons. The molecule has 31 heavy (non-hydrogen) atoms. The molecule has 0 saturated carbocycles. The molecule has 7 nitrogen and oxygen atoms in total. The maximum Gasteiger partial charge on any atom is 0.294 e. The van der Waals surface area contributed by atoms with E-state index in [9.17, 15) is 14.4 Å². The number of methoxy groups -OCH3 is 1. The van der Waals surface area contributed by atoms with Gasteiger partial charge in [-0.05, 0) is 77.2 Å². The van der Waals surface area contributed by atoms with Crippen molar-refractivity contribution in [2.45, 2.75) is 6.92 Å². The van der Waals surface area contributed by atoms with Crippen LogP contribution in [0.4, 0.5) is 10.5 Å². The number of nitrogens with one attached hydrogen (secondary N) is 1. The smallest absolute Gasteiger partial charge is 0.294 e. The van der Waals surface area contributed by atoms with Crippen LogP contribution in [-0.2, 0) is 9.59 Å². The van der Waals surface area contributed by atoms with Crippen LogP contribution in [0.15, 0.2) is 41.3 Å². The van der Waals surface area contributed by atoms with Gasteiger partial charge in [-0.15, -0.1) is 0 Å². The number of anilines is 1. The highest BCUT2D eigenvalue weighted by Crippen LogP contribution is 2.37. The summed E-state index contributed by atoms with van der Waals surface area (Å²) in [6.07, 6.45) is 1.59. The molecule has 0 radical (unpaired) electrons. The van der Waals surface area contributed by atoms with E-state index in [1.807, 2.05) is 13.0 Å². The Labute approximate surface area is 202 Å². The van der Waals surface area contributed by atoms with Gasteiger partial charge in [0.15, 0.2) is 11.5 Å². The first-order valence-electron chi connectivity index (χ1n) is 9.14. The molecule has 3 rings (SSSR count). The van der Waals surface area contributed by atoms with Gasteiger partial charge in [-0.25, -0.2) is 0 Å². The molecule has 1 fully saturated rings. The molecule has 10 heteroatoms. The third kappa shape index (κ3) is 5.52. The van der Waals surface area contributed by atoms with Crippen molar-refractivity contribution in [1.82, 2.24) is 4.90 Å². The van der Waals surface area contributed by atoms with Crippen LogP contribution in [-0.4, -0.2) is 42.2 Å². The van der Waals surface area contributed by atoms with Crippen LogP contribution in [0.5, 0.6) is 11.5 Å². The number of benzene rings is 2. The van der Waals surface area contributed by atoms with Gasteiger partial charge in [-0.1, -0.05) is 23.7 Å². The first-order valence-corrected chi connectivity index (χ1v) is 11.4. The molecule has 2 aromatic carbocycles. The Morgan fingerprint density at radius 2 is 2.03 bits per heavy atom. The molecule has 0 aliphatic carbocycles. The Kier molecular flexibility index (Phi) is 7.84. The largest absolute Gasteiger partial charge is 0.493 e. The fourth-order valence-corrected chi connectivity index (χ4v) is 4.59. The summed E-state index contributed by atoms with van der Waals surface area (Å²) in [5.41, 5.74) is 1.09. The average molecular weight is 573 g/mol. The lowest BCUT2D eigenvalue weighted by atomic mass is 10.2. The zero-order chi connectivity index (χ0) is 22.5. The lowest BCUT2D eigenvalue weighted by Crippen LogP contribution is -2.36. The summed E-state index contributed by atoms with van der Waals surface area (Å²) in [4.78, 5) is 38.5. The highest BCUT2D eigenvalue weighted by Gasteiger charge is 2.36. The molecule has 0 aromatic heterocycles. The van der Waals surface area contributed by atoms with E-state index >= 15 is 0 Å². The van der Waals surface area contributed by atoms with E-state index in [1.165, 1.54) is 7.11 Å². The number of para-hydroxylation sites is 1. The standard InChI is InChI=1S/C21H18ClIN2O5S/c1-3-30-19-14(23)8-12(9-16(19)29-2)10-17-20(27)25(21(28)31-17)11-18(26)24-15-7-5-4-6-13(15)22/h4-10H,3,11H2,1-2H3,(H,24,26)/b17-10-. The zero-order valence-corrected chi connectivity index (χ0v) is 20.3. The highest BCUT2D eigenvalue weighted by molar-refractivity contribution is 14.1. The number of hydrogen-bond acceptors (Lipinski definition) is 6. The summed E-state index contributed by atoms with van der Waals surface area (Å²) in [6.45, 7) is 1.96. The van der Waals surface area contributed by atoms with Crippen molar-refractivity contribution in [2.24, 2.45) is 0 Å². The average Bonchev–Trinajstić information content (AvgIpc) is 2.98. The van der Waals surface area contributed by atoms with E-state index in [0.717, 1.165) is 20.2 Å². The van der Waals surface area contributed by atoms with E-state index in [2.05, 4.69) is 27.9 Å². The van der Waals surface area contributed by atoms with Gasteiger partial charge >= 0.3 is 0 Å². The number of imide groups is 1. The lowest BCUT2D eigenvalue weighted by Gasteiger charge is -2.13. The van der Waals surface area contributed by atoms with E-state index in [4.69, 9.17) is 21.1 Å².